The molecular weight excluding hydrogens is 167 g/mol. The molecule has 0 fully saturated rings. The zero-order valence-corrected chi connectivity index (χ0v) is 6.97. The lowest BCUT2D eigenvalue weighted by molar-refractivity contribution is 0.275. The molecule has 0 amide bonds. The summed E-state index contributed by atoms with van der Waals surface area (Å²) in [7, 11) is 0. The van der Waals surface area contributed by atoms with Crippen LogP contribution < -0.4 is 4.87 Å². The summed E-state index contributed by atoms with van der Waals surface area (Å²) < 4.78 is 13.8. The SMILES string of the molecule is CCC(F)Cn1ncsc1=O. The van der Waals surface area contributed by atoms with E-state index < -0.39 is 6.17 Å². The number of aromatic nitrogens is 2. The second-order valence-electron chi connectivity index (χ2n) is 2.19. The quantitative estimate of drug-likeness (QED) is 0.690. The van der Waals surface area contributed by atoms with Crippen LogP contribution in [0.2, 0.25) is 0 Å². The first-order valence-electron chi connectivity index (χ1n) is 3.38. The number of rotatable bonds is 3. The largest absolute Gasteiger partial charge is 0.324 e. The van der Waals surface area contributed by atoms with Crippen molar-refractivity contribution in [1.29, 1.82) is 0 Å². The van der Waals surface area contributed by atoms with Gasteiger partial charge in [-0.15, -0.1) is 0 Å². The van der Waals surface area contributed by atoms with E-state index in [0.29, 0.717) is 6.42 Å². The Kier molecular flexibility index (Phi) is 2.76. The van der Waals surface area contributed by atoms with Gasteiger partial charge in [0.15, 0.2) is 0 Å². The molecule has 62 valence electrons. The van der Waals surface area contributed by atoms with E-state index in [1.807, 2.05) is 0 Å². The van der Waals surface area contributed by atoms with Crippen LogP contribution in [0.1, 0.15) is 13.3 Å². The van der Waals surface area contributed by atoms with Gasteiger partial charge >= 0.3 is 4.87 Å². The van der Waals surface area contributed by atoms with Crippen LogP contribution >= 0.6 is 11.3 Å². The monoisotopic (exact) mass is 176 g/mol. The van der Waals surface area contributed by atoms with E-state index in [4.69, 9.17) is 0 Å². The molecule has 5 heteroatoms. The van der Waals surface area contributed by atoms with E-state index in [1.165, 1.54) is 5.51 Å². The molecule has 11 heavy (non-hydrogen) atoms. The third-order valence-corrected chi connectivity index (χ3v) is 1.98. The molecule has 0 aliphatic carbocycles. The summed E-state index contributed by atoms with van der Waals surface area (Å²) in [4.78, 5) is 10.6. The minimum Gasteiger partial charge on any atom is -0.255 e. The zero-order valence-electron chi connectivity index (χ0n) is 6.16. The second kappa shape index (κ2) is 3.61. The molecule has 1 unspecified atom stereocenters. The maximum atomic E-state index is 12.7. The van der Waals surface area contributed by atoms with Crippen molar-refractivity contribution in [2.75, 3.05) is 0 Å². The van der Waals surface area contributed by atoms with Crippen molar-refractivity contribution < 1.29 is 4.39 Å². The van der Waals surface area contributed by atoms with E-state index in [2.05, 4.69) is 5.10 Å². The molecule has 0 aromatic carbocycles. The van der Waals surface area contributed by atoms with E-state index in [9.17, 15) is 9.18 Å². The van der Waals surface area contributed by atoms with Crippen LogP contribution in [0.15, 0.2) is 10.3 Å². The summed E-state index contributed by atoms with van der Waals surface area (Å²) in [6.07, 6.45) is -0.543. The number of hydrogen-bond donors (Lipinski definition) is 0. The van der Waals surface area contributed by atoms with Crippen molar-refractivity contribution >= 4 is 11.3 Å². The Morgan fingerprint density at radius 3 is 3.09 bits per heavy atom. The fourth-order valence-electron chi connectivity index (χ4n) is 0.672. The minimum atomic E-state index is -0.963. The Hall–Kier alpha value is -0.710. The normalized spacial score (nSPS) is 13.3. The summed E-state index contributed by atoms with van der Waals surface area (Å²) in [5.41, 5.74) is 1.42. The van der Waals surface area contributed by atoms with E-state index >= 15 is 0 Å². The van der Waals surface area contributed by atoms with Gasteiger partial charge in [-0.2, -0.15) is 5.10 Å². The van der Waals surface area contributed by atoms with Gasteiger partial charge in [0.05, 0.1) is 6.54 Å². The van der Waals surface area contributed by atoms with Gasteiger partial charge in [0.2, 0.25) is 0 Å². The third-order valence-electron chi connectivity index (χ3n) is 1.36. The maximum absolute atomic E-state index is 12.7. The van der Waals surface area contributed by atoms with Crippen LogP contribution in [0.25, 0.3) is 0 Å². The summed E-state index contributed by atoms with van der Waals surface area (Å²) >= 11 is 0.987. The van der Waals surface area contributed by atoms with Crippen LogP contribution in [0.5, 0.6) is 0 Å². The van der Waals surface area contributed by atoms with Gasteiger partial charge in [0.25, 0.3) is 0 Å². The van der Waals surface area contributed by atoms with Gasteiger partial charge in [-0.25, -0.2) is 9.07 Å². The van der Waals surface area contributed by atoms with Crippen molar-refractivity contribution in [2.24, 2.45) is 0 Å². The Bertz CT molecular complexity index is 270. The number of alkyl halides is 1. The highest BCUT2D eigenvalue weighted by atomic mass is 32.1. The molecule has 0 N–H and O–H groups in total. The lowest BCUT2D eigenvalue weighted by atomic mass is 10.3. The predicted molar refractivity (Wildman–Crippen MR) is 41.6 cm³/mol. The number of nitrogens with zero attached hydrogens (tertiary/aromatic N) is 2. The highest BCUT2D eigenvalue weighted by Crippen LogP contribution is 1.98. The first-order valence-corrected chi connectivity index (χ1v) is 4.26. The van der Waals surface area contributed by atoms with E-state index in [0.717, 1.165) is 16.0 Å². The molecule has 0 bridgehead atoms. The van der Waals surface area contributed by atoms with Gasteiger partial charge in [-0.05, 0) is 6.42 Å². The zero-order chi connectivity index (χ0) is 8.27. The maximum Gasteiger partial charge on any atom is 0.324 e. The molecule has 1 heterocycles. The van der Waals surface area contributed by atoms with Crippen LogP contribution in [0.4, 0.5) is 4.39 Å². The second-order valence-corrected chi connectivity index (χ2v) is 2.99. The summed E-state index contributed by atoms with van der Waals surface area (Å²) in [6.45, 7) is 1.82. The van der Waals surface area contributed by atoms with Gasteiger partial charge < -0.3 is 0 Å². The predicted octanol–water partition coefficient (Wildman–Crippen LogP) is 1.05. The lowest BCUT2D eigenvalue weighted by Crippen LogP contribution is -2.20. The molecule has 1 aromatic heterocycles. The summed E-state index contributed by atoms with van der Waals surface area (Å²) in [5, 5.41) is 3.69. The molecule has 0 saturated carbocycles. The van der Waals surface area contributed by atoms with Gasteiger partial charge in [0.1, 0.15) is 11.7 Å². The molecule has 1 rings (SSSR count). The molecule has 0 spiro atoms. The summed E-state index contributed by atoms with van der Waals surface area (Å²) in [6, 6.07) is 0. The van der Waals surface area contributed by atoms with Crippen molar-refractivity contribution in [2.45, 2.75) is 26.1 Å². The molecule has 0 aliphatic heterocycles. The Labute approximate surface area is 67.5 Å². The third kappa shape index (κ3) is 2.11. The Morgan fingerprint density at radius 2 is 2.64 bits per heavy atom. The molecule has 1 atom stereocenters. The van der Waals surface area contributed by atoms with E-state index in [1.54, 1.807) is 6.92 Å². The first kappa shape index (κ1) is 8.39. The first-order chi connectivity index (χ1) is 5.24. The average molecular weight is 176 g/mol. The number of hydrogen-bond acceptors (Lipinski definition) is 3. The van der Waals surface area contributed by atoms with E-state index in [-0.39, 0.29) is 11.4 Å². The van der Waals surface area contributed by atoms with Gasteiger partial charge in [-0.3, -0.25) is 4.79 Å². The fraction of sp³-hybridized carbons (Fsp3) is 0.667. The minimum absolute atomic E-state index is 0.0822. The van der Waals surface area contributed by atoms with Crippen LogP contribution in [0.3, 0.4) is 0 Å². The molecule has 0 saturated heterocycles. The van der Waals surface area contributed by atoms with Crippen LogP contribution in [-0.2, 0) is 6.54 Å². The standard InChI is InChI=1S/C6H9FN2OS/c1-2-5(7)3-9-6(10)11-4-8-9/h4-5H,2-3H2,1H3. The van der Waals surface area contributed by atoms with Crippen LogP contribution in [0, 0.1) is 0 Å². The molecule has 0 aliphatic rings. The lowest BCUT2D eigenvalue weighted by Gasteiger charge is -2.02. The van der Waals surface area contributed by atoms with Crippen molar-refractivity contribution in [3.8, 4) is 0 Å². The summed E-state index contributed by atoms with van der Waals surface area (Å²) in [5.74, 6) is 0. The topological polar surface area (TPSA) is 34.9 Å². The molecule has 0 radical (unpaired) electrons. The smallest absolute Gasteiger partial charge is 0.255 e. The molecule has 1 aromatic rings. The van der Waals surface area contributed by atoms with Crippen molar-refractivity contribution in [1.82, 2.24) is 9.78 Å². The van der Waals surface area contributed by atoms with Gasteiger partial charge in [-0.1, -0.05) is 18.3 Å². The number of halogens is 1. The van der Waals surface area contributed by atoms with Gasteiger partial charge in [0, 0.05) is 0 Å². The molecular formula is C6H9FN2OS. The Morgan fingerprint density at radius 1 is 1.91 bits per heavy atom. The van der Waals surface area contributed by atoms with Crippen molar-refractivity contribution in [3.63, 3.8) is 0 Å². The molecule has 3 nitrogen and oxygen atoms in total. The average Bonchev–Trinajstić information content (AvgIpc) is 2.37. The van der Waals surface area contributed by atoms with Crippen LogP contribution in [-0.4, -0.2) is 16.0 Å². The Balaban J connectivity index is 2.64. The highest BCUT2D eigenvalue weighted by Gasteiger charge is 2.06. The highest BCUT2D eigenvalue weighted by molar-refractivity contribution is 7.06. The fourth-order valence-corrected chi connectivity index (χ4v) is 1.17. The van der Waals surface area contributed by atoms with Crippen molar-refractivity contribution in [3.05, 3.63) is 15.2 Å².